The third-order valence-corrected chi connectivity index (χ3v) is 4.99. The molecule has 2 rings (SSSR count). The van der Waals surface area contributed by atoms with Crippen molar-refractivity contribution in [3.05, 3.63) is 23.3 Å². The van der Waals surface area contributed by atoms with Crippen molar-refractivity contribution in [2.75, 3.05) is 41.9 Å². The van der Waals surface area contributed by atoms with Crippen LogP contribution in [0.2, 0.25) is 0 Å². The second kappa shape index (κ2) is 11.9. The third kappa shape index (κ3) is 7.85. The van der Waals surface area contributed by atoms with Gasteiger partial charge in [0, 0.05) is 23.2 Å². The average molecular weight is 381 g/mol. The Morgan fingerprint density at radius 1 is 0.926 bits per heavy atom. The van der Waals surface area contributed by atoms with Gasteiger partial charge in [-0.15, -0.1) is 0 Å². The largest absolute Gasteiger partial charge is 0.466 e. The Labute approximate surface area is 164 Å². The molecule has 0 saturated heterocycles. The standard InChI is InChI=1S/C11H19NO2.C10H17NO2/c1-4-14-11(13)9-6-5-7-10(8-9)12(2)3;1-11(2)9-6-4-5-8(7-9)10(12)13-3/h8,10H,4-7H2,1-3H3;7,9H,4-6H2,1-3H3. The van der Waals surface area contributed by atoms with E-state index in [1.807, 2.05) is 47.3 Å². The first kappa shape index (κ1) is 23.4. The van der Waals surface area contributed by atoms with Crippen LogP contribution in [0.1, 0.15) is 45.4 Å². The van der Waals surface area contributed by atoms with Gasteiger partial charge in [0.2, 0.25) is 0 Å². The van der Waals surface area contributed by atoms with Crippen molar-refractivity contribution in [1.82, 2.24) is 9.80 Å². The van der Waals surface area contributed by atoms with E-state index in [4.69, 9.17) is 9.47 Å². The topological polar surface area (TPSA) is 59.1 Å². The fourth-order valence-corrected chi connectivity index (χ4v) is 3.31. The van der Waals surface area contributed by atoms with Crippen LogP contribution in [-0.4, -0.2) is 75.7 Å². The Balaban J connectivity index is 0.000000271. The van der Waals surface area contributed by atoms with Gasteiger partial charge in [-0.2, -0.15) is 0 Å². The van der Waals surface area contributed by atoms with E-state index in [1.165, 1.54) is 7.11 Å². The number of hydrogen-bond donors (Lipinski definition) is 0. The van der Waals surface area contributed by atoms with Crippen LogP contribution in [0.3, 0.4) is 0 Å². The highest BCUT2D eigenvalue weighted by atomic mass is 16.5. The summed E-state index contributed by atoms with van der Waals surface area (Å²) < 4.78 is 9.68. The summed E-state index contributed by atoms with van der Waals surface area (Å²) in [5.41, 5.74) is 1.67. The highest BCUT2D eigenvalue weighted by Gasteiger charge is 2.20. The normalized spacial score (nSPS) is 22.4. The molecule has 2 aliphatic rings. The van der Waals surface area contributed by atoms with E-state index in [0.717, 1.165) is 49.7 Å². The predicted molar refractivity (Wildman–Crippen MR) is 107 cm³/mol. The van der Waals surface area contributed by atoms with Crippen molar-refractivity contribution >= 4 is 11.9 Å². The van der Waals surface area contributed by atoms with Crippen molar-refractivity contribution in [3.8, 4) is 0 Å². The minimum atomic E-state index is -0.174. The lowest BCUT2D eigenvalue weighted by atomic mass is 9.95. The number of methoxy groups -OCH3 is 1. The molecule has 6 heteroatoms. The summed E-state index contributed by atoms with van der Waals surface area (Å²) in [6.07, 6.45) is 10.2. The van der Waals surface area contributed by atoms with E-state index in [0.29, 0.717) is 18.7 Å². The molecule has 0 aliphatic heterocycles. The van der Waals surface area contributed by atoms with Gasteiger partial charge in [0.25, 0.3) is 0 Å². The molecule has 154 valence electrons. The van der Waals surface area contributed by atoms with Crippen LogP contribution in [0.25, 0.3) is 0 Å². The monoisotopic (exact) mass is 380 g/mol. The van der Waals surface area contributed by atoms with Gasteiger partial charge in [0.15, 0.2) is 0 Å². The summed E-state index contributed by atoms with van der Waals surface area (Å²) in [5.74, 6) is -0.314. The first-order chi connectivity index (χ1) is 12.8. The molecule has 0 spiro atoms. The first-order valence-electron chi connectivity index (χ1n) is 9.79. The SMILES string of the molecule is CCOC(=O)C1=CC(N(C)C)CCC1.COC(=O)C1=CC(N(C)C)CCC1. The van der Waals surface area contributed by atoms with E-state index < -0.39 is 0 Å². The van der Waals surface area contributed by atoms with Crippen LogP contribution in [-0.2, 0) is 19.1 Å². The second-order valence-electron chi connectivity index (χ2n) is 7.44. The van der Waals surface area contributed by atoms with Gasteiger partial charge in [0.1, 0.15) is 0 Å². The highest BCUT2D eigenvalue weighted by molar-refractivity contribution is 5.89. The molecular weight excluding hydrogens is 344 g/mol. The Bertz CT molecular complexity index is 552. The molecule has 6 nitrogen and oxygen atoms in total. The van der Waals surface area contributed by atoms with Crippen LogP contribution >= 0.6 is 0 Å². The first-order valence-corrected chi connectivity index (χ1v) is 9.79. The zero-order valence-corrected chi connectivity index (χ0v) is 17.8. The molecule has 0 fully saturated rings. The molecule has 27 heavy (non-hydrogen) atoms. The molecule has 0 aromatic heterocycles. The zero-order valence-electron chi connectivity index (χ0n) is 17.8. The van der Waals surface area contributed by atoms with Gasteiger partial charge in [-0.1, -0.05) is 12.2 Å². The van der Waals surface area contributed by atoms with Crippen molar-refractivity contribution in [2.24, 2.45) is 0 Å². The summed E-state index contributed by atoms with van der Waals surface area (Å²) >= 11 is 0. The minimum absolute atomic E-state index is 0.140. The molecule has 0 bridgehead atoms. The van der Waals surface area contributed by atoms with E-state index in [9.17, 15) is 9.59 Å². The number of esters is 2. The maximum Gasteiger partial charge on any atom is 0.333 e. The molecule has 2 unspecified atom stereocenters. The van der Waals surface area contributed by atoms with Crippen LogP contribution in [0, 0.1) is 0 Å². The van der Waals surface area contributed by atoms with Gasteiger partial charge in [0.05, 0.1) is 13.7 Å². The number of hydrogen-bond acceptors (Lipinski definition) is 6. The lowest BCUT2D eigenvalue weighted by molar-refractivity contribution is -0.139. The lowest BCUT2D eigenvalue weighted by Crippen LogP contribution is -2.29. The molecular formula is C21H36N2O4. The van der Waals surface area contributed by atoms with E-state index in [-0.39, 0.29) is 11.9 Å². The fourth-order valence-electron chi connectivity index (χ4n) is 3.31. The molecule has 0 amide bonds. The lowest BCUT2D eigenvalue weighted by Gasteiger charge is -2.25. The molecule has 0 N–H and O–H groups in total. The molecule has 0 heterocycles. The molecule has 0 saturated carbocycles. The zero-order chi connectivity index (χ0) is 20.4. The minimum Gasteiger partial charge on any atom is -0.466 e. The van der Waals surface area contributed by atoms with Gasteiger partial charge in [-0.3, -0.25) is 0 Å². The van der Waals surface area contributed by atoms with Gasteiger partial charge in [-0.05, 0) is 73.6 Å². The molecule has 0 aromatic carbocycles. The van der Waals surface area contributed by atoms with Crippen molar-refractivity contribution in [3.63, 3.8) is 0 Å². The number of nitrogens with zero attached hydrogens (tertiary/aromatic N) is 2. The number of carbonyl (C=O) groups is 2. The molecule has 2 atom stereocenters. The summed E-state index contributed by atoms with van der Waals surface area (Å²) in [5, 5.41) is 0. The number of likely N-dealkylation sites (N-methyl/N-ethyl adjacent to an activating group) is 2. The smallest absolute Gasteiger partial charge is 0.333 e. The predicted octanol–water partition coefficient (Wildman–Crippen LogP) is 2.79. The van der Waals surface area contributed by atoms with E-state index >= 15 is 0 Å². The number of ether oxygens (including phenoxy) is 2. The Hall–Kier alpha value is -1.66. The number of carbonyl (C=O) groups excluding carboxylic acids is 2. The highest BCUT2D eigenvalue weighted by Crippen LogP contribution is 2.22. The maximum absolute atomic E-state index is 11.5. The third-order valence-electron chi connectivity index (χ3n) is 4.99. The average Bonchev–Trinajstić information content (AvgIpc) is 2.68. The molecule has 0 aromatic rings. The summed E-state index contributed by atoms with van der Waals surface area (Å²) in [7, 11) is 9.57. The summed E-state index contributed by atoms with van der Waals surface area (Å²) in [6, 6.07) is 0.783. The second-order valence-corrected chi connectivity index (χ2v) is 7.44. The number of rotatable bonds is 5. The fraction of sp³-hybridized carbons (Fsp3) is 0.714. The van der Waals surface area contributed by atoms with E-state index in [2.05, 4.69) is 9.80 Å². The Kier molecular flexibility index (Phi) is 10.3. The van der Waals surface area contributed by atoms with Gasteiger partial charge >= 0.3 is 11.9 Å². The van der Waals surface area contributed by atoms with Crippen molar-refractivity contribution in [1.29, 1.82) is 0 Å². The quantitative estimate of drug-likeness (QED) is 0.684. The molecule has 0 radical (unpaired) electrons. The summed E-state index contributed by atoms with van der Waals surface area (Å²) in [6.45, 7) is 2.30. The summed E-state index contributed by atoms with van der Waals surface area (Å²) in [4.78, 5) is 26.9. The van der Waals surface area contributed by atoms with E-state index in [1.54, 1.807) is 0 Å². The van der Waals surface area contributed by atoms with Crippen molar-refractivity contribution in [2.45, 2.75) is 57.5 Å². The Morgan fingerprint density at radius 3 is 1.74 bits per heavy atom. The molecule has 2 aliphatic carbocycles. The van der Waals surface area contributed by atoms with Gasteiger partial charge < -0.3 is 19.3 Å². The van der Waals surface area contributed by atoms with Crippen LogP contribution in [0.4, 0.5) is 0 Å². The maximum atomic E-state index is 11.5. The van der Waals surface area contributed by atoms with Gasteiger partial charge in [-0.25, -0.2) is 9.59 Å². The van der Waals surface area contributed by atoms with Crippen molar-refractivity contribution < 1.29 is 19.1 Å². The van der Waals surface area contributed by atoms with Crippen LogP contribution in [0.5, 0.6) is 0 Å². The Morgan fingerprint density at radius 2 is 1.37 bits per heavy atom. The van der Waals surface area contributed by atoms with Crippen LogP contribution in [0.15, 0.2) is 23.3 Å². The van der Waals surface area contributed by atoms with Crippen LogP contribution < -0.4 is 0 Å².